The first-order valence-electron chi connectivity index (χ1n) is 12.9. The van der Waals surface area contributed by atoms with Crippen molar-refractivity contribution >= 4 is 11.9 Å². The fourth-order valence-corrected chi connectivity index (χ4v) is 4.62. The van der Waals surface area contributed by atoms with Crippen LogP contribution in [-0.4, -0.2) is 23.1 Å². The Morgan fingerprint density at radius 3 is 1.73 bits per heavy atom. The lowest BCUT2D eigenvalue weighted by atomic mass is 9.82. The molecule has 1 aliphatic carbocycles. The van der Waals surface area contributed by atoms with E-state index < -0.39 is 5.97 Å². The molecule has 176 valence electrons. The molecule has 4 nitrogen and oxygen atoms in total. The van der Waals surface area contributed by atoms with Gasteiger partial charge in [0.15, 0.2) is 0 Å². The van der Waals surface area contributed by atoms with Crippen molar-refractivity contribution in [1.29, 1.82) is 0 Å². The number of carbonyl (C=O) groups excluding carboxylic acids is 1. The van der Waals surface area contributed by atoms with Crippen LogP contribution < -0.4 is 0 Å². The highest BCUT2D eigenvalue weighted by atomic mass is 16.5. The summed E-state index contributed by atoms with van der Waals surface area (Å²) >= 11 is 0. The fraction of sp³-hybridized carbons (Fsp3) is 0.923. The Hall–Kier alpha value is -1.06. The van der Waals surface area contributed by atoms with Crippen LogP contribution in [0.25, 0.3) is 0 Å². The van der Waals surface area contributed by atoms with Crippen LogP contribution in [-0.2, 0) is 14.3 Å². The topological polar surface area (TPSA) is 63.6 Å². The molecule has 0 spiro atoms. The molecule has 0 heterocycles. The molecule has 1 fully saturated rings. The minimum Gasteiger partial charge on any atom is -0.481 e. The van der Waals surface area contributed by atoms with Crippen LogP contribution in [0.2, 0.25) is 0 Å². The summed E-state index contributed by atoms with van der Waals surface area (Å²) in [5.41, 5.74) is 0. The zero-order valence-corrected chi connectivity index (χ0v) is 20.0. The Bertz CT molecular complexity index is 452. The number of hydrogen-bond acceptors (Lipinski definition) is 3. The van der Waals surface area contributed by atoms with Crippen LogP contribution in [0.15, 0.2) is 0 Å². The standard InChI is InChI=1S/C26H48O4/c1-4-5-6-7-8-9-10-11-12-13-14-15-24(20-21(2)3)30-26(29)23-18-16-22(17-19-23)25(27)28/h21-24H,4-20H2,1-3H3,(H,27,28). The summed E-state index contributed by atoms with van der Waals surface area (Å²) in [6.07, 6.45) is 19.0. The van der Waals surface area contributed by atoms with E-state index in [-0.39, 0.29) is 23.9 Å². The maximum absolute atomic E-state index is 12.6. The summed E-state index contributed by atoms with van der Waals surface area (Å²) in [6.45, 7) is 6.62. The Morgan fingerprint density at radius 2 is 1.27 bits per heavy atom. The molecule has 4 heteroatoms. The van der Waals surface area contributed by atoms with Gasteiger partial charge in [-0.25, -0.2) is 0 Å². The van der Waals surface area contributed by atoms with E-state index in [1.807, 2.05) is 0 Å². The maximum Gasteiger partial charge on any atom is 0.309 e. The average molecular weight is 425 g/mol. The van der Waals surface area contributed by atoms with Gasteiger partial charge in [-0.15, -0.1) is 0 Å². The molecule has 0 saturated heterocycles. The first-order valence-corrected chi connectivity index (χ1v) is 12.9. The first kappa shape index (κ1) is 27.0. The second-order valence-electron chi connectivity index (χ2n) is 9.90. The van der Waals surface area contributed by atoms with E-state index in [1.165, 1.54) is 64.2 Å². The van der Waals surface area contributed by atoms with Crippen LogP contribution in [0.5, 0.6) is 0 Å². The molecule has 0 aromatic carbocycles. The van der Waals surface area contributed by atoms with E-state index in [9.17, 15) is 9.59 Å². The van der Waals surface area contributed by atoms with E-state index in [1.54, 1.807) is 0 Å². The lowest BCUT2D eigenvalue weighted by molar-refractivity contribution is -0.158. The minimum atomic E-state index is -0.726. The number of ether oxygens (including phenoxy) is 1. The van der Waals surface area contributed by atoms with Gasteiger partial charge in [-0.3, -0.25) is 9.59 Å². The van der Waals surface area contributed by atoms with Gasteiger partial charge in [-0.1, -0.05) is 85.0 Å². The van der Waals surface area contributed by atoms with Crippen molar-refractivity contribution in [1.82, 2.24) is 0 Å². The Balaban J connectivity index is 2.18. The van der Waals surface area contributed by atoms with Crippen molar-refractivity contribution in [2.45, 2.75) is 136 Å². The highest BCUT2D eigenvalue weighted by Crippen LogP contribution is 2.30. The fourth-order valence-electron chi connectivity index (χ4n) is 4.62. The molecule has 1 atom stereocenters. The van der Waals surface area contributed by atoms with Gasteiger partial charge in [-0.2, -0.15) is 0 Å². The largest absolute Gasteiger partial charge is 0.481 e. The van der Waals surface area contributed by atoms with Gasteiger partial charge in [-0.05, 0) is 50.9 Å². The number of rotatable bonds is 17. The molecule has 30 heavy (non-hydrogen) atoms. The van der Waals surface area contributed by atoms with Crippen molar-refractivity contribution in [3.8, 4) is 0 Å². The molecule has 1 N–H and O–H groups in total. The van der Waals surface area contributed by atoms with Crippen molar-refractivity contribution in [3.63, 3.8) is 0 Å². The normalized spacial score (nSPS) is 20.3. The number of hydrogen-bond donors (Lipinski definition) is 1. The van der Waals surface area contributed by atoms with Crippen molar-refractivity contribution in [2.75, 3.05) is 0 Å². The zero-order valence-electron chi connectivity index (χ0n) is 20.0. The molecule has 0 amide bonds. The number of unbranched alkanes of at least 4 members (excludes halogenated alkanes) is 10. The lowest BCUT2D eigenvalue weighted by Gasteiger charge is -2.27. The van der Waals surface area contributed by atoms with Gasteiger partial charge in [0.1, 0.15) is 6.10 Å². The Labute approximate surface area is 185 Å². The molecule has 0 aromatic rings. The van der Waals surface area contributed by atoms with Crippen LogP contribution in [0.3, 0.4) is 0 Å². The van der Waals surface area contributed by atoms with Crippen LogP contribution in [0.1, 0.15) is 130 Å². The van der Waals surface area contributed by atoms with Crippen molar-refractivity contribution in [2.24, 2.45) is 17.8 Å². The number of carbonyl (C=O) groups is 2. The molecule has 0 aromatic heterocycles. The smallest absolute Gasteiger partial charge is 0.309 e. The highest BCUT2D eigenvalue weighted by Gasteiger charge is 2.31. The zero-order chi connectivity index (χ0) is 22.2. The molecule has 0 aliphatic heterocycles. The van der Waals surface area contributed by atoms with Crippen molar-refractivity contribution < 1.29 is 19.4 Å². The van der Waals surface area contributed by atoms with Gasteiger partial charge >= 0.3 is 11.9 Å². The van der Waals surface area contributed by atoms with E-state index in [0.29, 0.717) is 31.6 Å². The van der Waals surface area contributed by atoms with Gasteiger partial charge in [0.05, 0.1) is 11.8 Å². The molecule has 1 rings (SSSR count). The number of carboxylic acid groups (broad SMARTS) is 1. The highest BCUT2D eigenvalue weighted by molar-refractivity contribution is 5.74. The summed E-state index contributed by atoms with van der Waals surface area (Å²) in [5, 5.41) is 9.12. The molecule has 0 radical (unpaired) electrons. The molecule has 1 saturated carbocycles. The van der Waals surface area contributed by atoms with Gasteiger partial charge in [0.25, 0.3) is 0 Å². The number of carboxylic acids is 1. The maximum atomic E-state index is 12.6. The van der Waals surface area contributed by atoms with Crippen LogP contribution >= 0.6 is 0 Å². The van der Waals surface area contributed by atoms with Crippen LogP contribution in [0.4, 0.5) is 0 Å². The van der Waals surface area contributed by atoms with Gasteiger partial charge < -0.3 is 9.84 Å². The quantitative estimate of drug-likeness (QED) is 0.193. The molecule has 1 aliphatic rings. The number of aliphatic carboxylic acids is 1. The van der Waals surface area contributed by atoms with Crippen LogP contribution in [0, 0.1) is 17.8 Å². The lowest BCUT2D eigenvalue weighted by Crippen LogP contribution is -2.30. The molecular formula is C26H48O4. The minimum absolute atomic E-state index is 0.0215. The summed E-state index contributed by atoms with van der Waals surface area (Å²) < 4.78 is 5.90. The third kappa shape index (κ3) is 12.6. The third-order valence-electron chi connectivity index (χ3n) is 6.56. The number of esters is 1. The summed E-state index contributed by atoms with van der Waals surface area (Å²) in [4.78, 5) is 23.7. The predicted molar refractivity (Wildman–Crippen MR) is 123 cm³/mol. The molecular weight excluding hydrogens is 376 g/mol. The van der Waals surface area contributed by atoms with E-state index >= 15 is 0 Å². The first-order chi connectivity index (χ1) is 14.4. The average Bonchev–Trinajstić information content (AvgIpc) is 2.71. The second kappa shape index (κ2) is 16.6. The van der Waals surface area contributed by atoms with E-state index in [0.717, 1.165) is 19.3 Å². The summed E-state index contributed by atoms with van der Waals surface area (Å²) in [6, 6.07) is 0. The molecule has 1 unspecified atom stereocenters. The van der Waals surface area contributed by atoms with E-state index in [2.05, 4.69) is 20.8 Å². The van der Waals surface area contributed by atoms with E-state index in [4.69, 9.17) is 9.84 Å². The summed E-state index contributed by atoms with van der Waals surface area (Å²) in [5.74, 6) is -0.689. The van der Waals surface area contributed by atoms with Crippen molar-refractivity contribution in [3.05, 3.63) is 0 Å². The SMILES string of the molecule is CCCCCCCCCCCCCC(CC(C)C)OC(=O)C1CCC(C(=O)O)CC1. The van der Waals surface area contributed by atoms with Gasteiger partial charge in [0, 0.05) is 0 Å². The van der Waals surface area contributed by atoms with Gasteiger partial charge in [0.2, 0.25) is 0 Å². The second-order valence-corrected chi connectivity index (χ2v) is 9.90. The predicted octanol–water partition coefficient (Wildman–Crippen LogP) is 7.54. The third-order valence-corrected chi connectivity index (χ3v) is 6.56. The monoisotopic (exact) mass is 424 g/mol. The Kier molecular flexibility index (Phi) is 14.9. The summed E-state index contributed by atoms with van der Waals surface area (Å²) in [7, 11) is 0. The Morgan fingerprint density at radius 1 is 0.800 bits per heavy atom. The molecule has 0 bridgehead atoms.